The van der Waals surface area contributed by atoms with E-state index in [4.69, 9.17) is 21.1 Å². The molecule has 0 aliphatic carbocycles. The van der Waals surface area contributed by atoms with Crippen molar-refractivity contribution >= 4 is 34.5 Å². The predicted octanol–water partition coefficient (Wildman–Crippen LogP) is 6.86. The number of fused-ring (bicyclic) bond motifs is 1. The second-order valence-electron chi connectivity index (χ2n) is 7.74. The Hall–Kier alpha value is -4.04. The summed E-state index contributed by atoms with van der Waals surface area (Å²) in [5, 5.41) is 6.25. The summed E-state index contributed by atoms with van der Waals surface area (Å²) < 4.78 is 50.0. The predicted molar refractivity (Wildman–Crippen MR) is 133 cm³/mol. The first-order valence-corrected chi connectivity index (χ1v) is 11.1. The van der Waals surface area contributed by atoms with Crippen LogP contribution in [0.25, 0.3) is 10.8 Å². The molecule has 4 aromatic carbocycles. The third-order valence-corrected chi connectivity index (χ3v) is 5.62. The number of carbonyl (C=O) groups excluding carboxylic acids is 1. The Morgan fingerprint density at radius 2 is 1.78 bits per heavy atom. The number of halogens is 4. The van der Waals surface area contributed by atoms with Gasteiger partial charge in [0, 0.05) is 5.56 Å². The molecule has 5 nitrogen and oxygen atoms in total. The van der Waals surface area contributed by atoms with Crippen LogP contribution in [0.3, 0.4) is 0 Å². The molecule has 0 radical (unpaired) electrons. The molecule has 36 heavy (non-hydrogen) atoms. The maximum atomic E-state index is 12.9. The maximum absolute atomic E-state index is 12.9. The second kappa shape index (κ2) is 10.7. The van der Waals surface area contributed by atoms with E-state index in [1.807, 2.05) is 42.5 Å². The van der Waals surface area contributed by atoms with E-state index in [0.717, 1.165) is 34.5 Å². The molecular formula is C27H20ClF3N2O3. The molecule has 1 amide bonds. The third-order valence-electron chi connectivity index (χ3n) is 5.34. The number of amides is 1. The van der Waals surface area contributed by atoms with Crippen LogP contribution in [0, 0.1) is 0 Å². The molecule has 0 aromatic heterocycles. The number of alkyl halides is 3. The van der Waals surface area contributed by atoms with Gasteiger partial charge in [0.2, 0.25) is 0 Å². The van der Waals surface area contributed by atoms with Gasteiger partial charge in [-0.2, -0.15) is 18.3 Å². The summed E-state index contributed by atoms with van der Waals surface area (Å²) in [6, 6.07) is 21.2. The zero-order chi connectivity index (χ0) is 25.7. The maximum Gasteiger partial charge on any atom is 0.416 e. The first-order valence-electron chi connectivity index (χ1n) is 10.7. The van der Waals surface area contributed by atoms with E-state index in [2.05, 4.69) is 10.5 Å². The number of rotatable bonds is 7. The number of hydrazone groups is 1. The van der Waals surface area contributed by atoms with Crippen LogP contribution in [0.5, 0.6) is 11.5 Å². The van der Waals surface area contributed by atoms with E-state index in [1.165, 1.54) is 19.4 Å². The monoisotopic (exact) mass is 512 g/mol. The van der Waals surface area contributed by atoms with Gasteiger partial charge in [0.25, 0.3) is 5.91 Å². The topological polar surface area (TPSA) is 59.9 Å². The summed E-state index contributed by atoms with van der Waals surface area (Å²) in [5.41, 5.74) is 2.58. The Kier molecular flexibility index (Phi) is 7.45. The average molecular weight is 513 g/mol. The van der Waals surface area contributed by atoms with Crippen LogP contribution in [-0.4, -0.2) is 19.2 Å². The Morgan fingerprint density at radius 3 is 2.56 bits per heavy atom. The minimum absolute atomic E-state index is 0.172. The van der Waals surface area contributed by atoms with Crippen LogP contribution in [0.15, 0.2) is 84.0 Å². The minimum atomic E-state index is -4.55. The first-order chi connectivity index (χ1) is 17.3. The number of benzene rings is 4. The number of nitrogens with zero attached hydrogens (tertiary/aromatic N) is 1. The first kappa shape index (κ1) is 25.1. The number of hydrogen-bond donors (Lipinski definition) is 1. The molecule has 184 valence electrons. The average Bonchev–Trinajstić information content (AvgIpc) is 2.87. The summed E-state index contributed by atoms with van der Waals surface area (Å²) in [6.45, 7) is 0.262. The Bertz CT molecular complexity index is 1430. The summed E-state index contributed by atoms with van der Waals surface area (Å²) in [6.07, 6.45) is -3.25. The van der Waals surface area contributed by atoms with Crippen LogP contribution in [0.1, 0.15) is 27.0 Å². The zero-order valence-electron chi connectivity index (χ0n) is 19.0. The number of methoxy groups -OCH3 is 1. The van der Waals surface area contributed by atoms with Crippen LogP contribution in [0.4, 0.5) is 13.2 Å². The van der Waals surface area contributed by atoms with E-state index in [1.54, 1.807) is 12.1 Å². The highest BCUT2D eigenvalue weighted by molar-refractivity contribution is 6.32. The number of ether oxygens (including phenoxy) is 2. The molecule has 0 bridgehead atoms. The van der Waals surface area contributed by atoms with E-state index in [0.29, 0.717) is 17.1 Å². The van der Waals surface area contributed by atoms with Crippen molar-refractivity contribution in [3.8, 4) is 11.5 Å². The highest BCUT2D eigenvalue weighted by Crippen LogP contribution is 2.37. The lowest BCUT2D eigenvalue weighted by Crippen LogP contribution is -2.18. The van der Waals surface area contributed by atoms with Crippen LogP contribution in [0.2, 0.25) is 5.02 Å². The van der Waals surface area contributed by atoms with Crippen molar-refractivity contribution in [3.63, 3.8) is 0 Å². The Balaban J connectivity index is 1.47. The lowest BCUT2D eigenvalue weighted by atomic mass is 10.1. The fraction of sp³-hybridized carbons (Fsp3) is 0.111. The van der Waals surface area contributed by atoms with E-state index < -0.39 is 17.6 Å². The molecular weight excluding hydrogens is 493 g/mol. The zero-order valence-corrected chi connectivity index (χ0v) is 19.7. The van der Waals surface area contributed by atoms with Gasteiger partial charge >= 0.3 is 6.18 Å². The van der Waals surface area contributed by atoms with Gasteiger partial charge < -0.3 is 9.47 Å². The van der Waals surface area contributed by atoms with Crippen molar-refractivity contribution in [3.05, 3.63) is 106 Å². The third kappa shape index (κ3) is 5.78. The number of carbonyl (C=O) groups is 1. The molecule has 0 atom stereocenters. The minimum Gasteiger partial charge on any atom is -0.493 e. The lowest BCUT2D eigenvalue weighted by Gasteiger charge is -2.14. The van der Waals surface area contributed by atoms with Crippen LogP contribution >= 0.6 is 11.6 Å². The van der Waals surface area contributed by atoms with Gasteiger partial charge in [-0.15, -0.1) is 0 Å². The number of nitrogens with one attached hydrogen (secondary N) is 1. The summed E-state index contributed by atoms with van der Waals surface area (Å²) in [7, 11) is 1.47. The van der Waals surface area contributed by atoms with Crippen molar-refractivity contribution in [2.24, 2.45) is 5.10 Å². The normalized spacial score (nSPS) is 11.6. The summed E-state index contributed by atoms with van der Waals surface area (Å²) in [4.78, 5) is 12.2. The molecule has 0 heterocycles. The van der Waals surface area contributed by atoms with Crippen molar-refractivity contribution in [2.75, 3.05) is 7.11 Å². The molecule has 4 aromatic rings. The van der Waals surface area contributed by atoms with Crippen molar-refractivity contribution in [1.29, 1.82) is 0 Å². The van der Waals surface area contributed by atoms with E-state index >= 15 is 0 Å². The molecule has 4 rings (SSSR count). The standard InChI is InChI=1S/C27H20ClF3N2O3/c1-35-24-13-17(15-32-33-26(34)19-8-5-10-21(14-19)27(29,30)31)12-23(28)25(24)36-16-20-9-4-7-18-6-2-3-11-22(18)20/h2-15H,16H2,1H3,(H,33,34)/b32-15-. The molecule has 9 heteroatoms. The van der Waals surface area contributed by atoms with Gasteiger partial charge in [0.05, 0.1) is 23.9 Å². The molecule has 0 aliphatic rings. The second-order valence-corrected chi connectivity index (χ2v) is 8.15. The summed E-state index contributed by atoms with van der Waals surface area (Å²) in [5.74, 6) is -0.0869. The van der Waals surface area contributed by atoms with Gasteiger partial charge in [-0.25, -0.2) is 5.43 Å². The van der Waals surface area contributed by atoms with Gasteiger partial charge in [-0.1, -0.05) is 60.1 Å². The van der Waals surface area contributed by atoms with Crippen LogP contribution in [-0.2, 0) is 12.8 Å². The van der Waals surface area contributed by atoms with Crippen molar-refractivity contribution < 1.29 is 27.4 Å². The Labute approximate surface area is 210 Å². The highest BCUT2D eigenvalue weighted by Gasteiger charge is 2.30. The van der Waals surface area contributed by atoms with Gasteiger partial charge in [0.1, 0.15) is 6.61 Å². The molecule has 0 unspecified atom stereocenters. The van der Waals surface area contributed by atoms with Gasteiger partial charge in [0.15, 0.2) is 11.5 Å². The fourth-order valence-corrected chi connectivity index (χ4v) is 3.86. The van der Waals surface area contributed by atoms with Crippen molar-refractivity contribution in [2.45, 2.75) is 12.8 Å². The number of hydrogen-bond acceptors (Lipinski definition) is 4. The van der Waals surface area contributed by atoms with Gasteiger partial charge in [-0.05, 0) is 52.2 Å². The SMILES string of the molecule is COc1cc(/C=N\NC(=O)c2cccc(C(F)(F)F)c2)cc(Cl)c1OCc1cccc2ccccc12. The molecule has 0 fully saturated rings. The molecule has 0 saturated carbocycles. The van der Waals surface area contributed by atoms with E-state index in [-0.39, 0.29) is 17.2 Å². The Morgan fingerprint density at radius 1 is 1.03 bits per heavy atom. The summed E-state index contributed by atoms with van der Waals surface area (Å²) >= 11 is 6.43. The molecule has 1 N–H and O–H groups in total. The molecule has 0 aliphatic heterocycles. The smallest absolute Gasteiger partial charge is 0.416 e. The van der Waals surface area contributed by atoms with Crippen LogP contribution < -0.4 is 14.9 Å². The largest absolute Gasteiger partial charge is 0.493 e. The van der Waals surface area contributed by atoms with Crippen molar-refractivity contribution in [1.82, 2.24) is 5.43 Å². The highest BCUT2D eigenvalue weighted by atomic mass is 35.5. The molecule has 0 spiro atoms. The fourth-order valence-electron chi connectivity index (χ4n) is 3.59. The molecule has 0 saturated heterocycles. The van der Waals surface area contributed by atoms with E-state index in [9.17, 15) is 18.0 Å². The lowest BCUT2D eigenvalue weighted by molar-refractivity contribution is -0.137. The quantitative estimate of drug-likeness (QED) is 0.217. The van der Waals surface area contributed by atoms with Gasteiger partial charge in [-0.3, -0.25) is 4.79 Å².